The van der Waals surface area contributed by atoms with E-state index in [1.165, 1.54) is 0 Å². The maximum absolute atomic E-state index is 4.65. The summed E-state index contributed by atoms with van der Waals surface area (Å²) in [7, 11) is 0. The van der Waals surface area contributed by atoms with Crippen LogP contribution in [0.25, 0.3) is 5.43 Å². The number of benzene rings is 1. The van der Waals surface area contributed by atoms with Crippen molar-refractivity contribution in [1.29, 1.82) is 0 Å². The Bertz CT molecular complexity index is 628. The van der Waals surface area contributed by atoms with Gasteiger partial charge in [-0.1, -0.05) is 18.2 Å². The van der Waals surface area contributed by atoms with Crippen LogP contribution in [0.15, 0.2) is 83.1 Å². The number of rotatable bonds is 3. The van der Waals surface area contributed by atoms with Crippen molar-refractivity contribution in [3.8, 4) is 0 Å². The molecule has 22 heavy (non-hydrogen) atoms. The van der Waals surface area contributed by atoms with Gasteiger partial charge in [0.1, 0.15) is 0 Å². The molecule has 1 aromatic rings. The number of thioether (sulfide) groups is 1. The number of hydrogen-bond acceptors (Lipinski definition) is 2. The zero-order valence-corrected chi connectivity index (χ0v) is 14.4. The van der Waals surface area contributed by atoms with Crippen LogP contribution in [0.1, 0.15) is 0 Å². The topological polar surface area (TPSA) is 17.3 Å². The molecular formula is C18H17FeN2S. The third-order valence-corrected chi connectivity index (χ3v) is 3.67. The third kappa shape index (κ3) is 4.20. The zero-order chi connectivity index (χ0) is 13.8. The Morgan fingerprint density at radius 1 is 1.18 bits per heavy atom. The van der Waals surface area contributed by atoms with E-state index in [0.29, 0.717) is 0 Å². The molecule has 4 heteroatoms. The monoisotopic (exact) mass is 349 g/mol. The van der Waals surface area contributed by atoms with Gasteiger partial charge in [0.05, 0.1) is 5.03 Å². The fourth-order valence-electron chi connectivity index (χ4n) is 1.99. The van der Waals surface area contributed by atoms with Gasteiger partial charge in [0.15, 0.2) is 0 Å². The minimum atomic E-state index is 0. The van der Waals surface area contributed by atoms with Crippen molar-refractivity contribution in [1.82, 2.24) is 0 Å². The summed E-state index contributed by atoms with van der Waals surface area (Å²) in [6, 6.07) is 10.2. The summed E-state index contributed by atoms with van der Waals surface area (Å²) in [5.74, 6) is 0. The van der Waals surface area contributed by atoms with Crippen molar-refractivity contribution in [3.05, 3.63) is 102 Å². The number of hydrogen-bond donors (Lipinski definition) is 0. The summed E-state index contributed by atoms with van der Waals surface area (Å²) in [5, 5.41) is 3.10. The van der Waals surface area contributed by atoms with Gasteiger partial charge in [0, 0.05) is 5.69 Å². The first-order chi connectivity index (χ1) is 9.86. The Morgan fingerprint density at radius 2 is 1.95 bits per heavy atom. The second-order valence-electron chi connectivity index (χ2n) is 4.32. The molecule has 0 atom stereocenters. The molecule has 1 radical (unpaired) electrons. The summed E-state index contributed by atoms with van der Waals surface area (Å²) < 4.78 is 0. The molecule has 0 saturated heterocycles. The third-order valence-electron chi connectivity index (χ3n) is 2.96. The minimum Gasteiger partial charge on any atom is -0.590 e. The van der Waals surface area contributed by atoms with E-state index < -0.39 is 0 Å². The van der Waals surface area contributed by atoms with E-state index in [1.807, 2.05) is 53.6 Å². The molecule has 2 aliphatic rings. The summed E-state index contributed by atoms with van der Waals surface area (Å²) in [4.78, 5) is 0. The number of allylic oxidation sites excluding steroid dienone is 8. The molecule has 1 aliphatic carbocycles. The predicted molar refractivity (Wildman–Crippen MR) is 93.4 cm³/mol. The van der Waals surface area contributed by atoms with Crippen LogP contribution in [0.3, 0.4) is 0 Å². The number of anilines is 1. The summed E-state index contributed by atoms with van der Waals surface area (Å²) >= 11 is 1.69. The molecule has 0 unspecified atom stereocenters. The standard InChI is InChI=1S/C17H14N2S.CH3.Fe/c1-20-17-13-15(12-11-14-7-5-6-8-14)18-19(17)16-9-3-2-4-10-16;;/h2-7,9-13H,1H3;1H3;/q-2;-1;+3/b14-11+,15-12-;;. The fraction of sp³-hybridized carbons (Fsp3) is 0.0556. The molecule has 0 fully saturated rings. The first-order valence-corrected chi connectivity index (χ1v) is 7.60. The maximum atomic E-state index is 4.65. The quantitative estimate of drug-likeness (QED) is 0.552. The molecule has 0 spiro atoms. The Morgan fingerprint density at radius 3 is 2.59 bits per heavy atom. The molecule has 1 aromatic carbocycles. The van der Waals surface area contributed by atoms with Crippen LogP contribution < -0.4 is 5.01 Å². The van der Waals surface area contributed by atoms with E-state index in [-0.39, 0.29) is 24.5 Å². The normalized spacial score (nSPS) is 19.0. The number of nitrogens with zero attached hydrogens (tertiary/aromatic N) is 2. The van der Waals surface area contributed by atoms with E-state index in [4.69, 9.17) is 0 Å². The van der Waals surface area contributed by atoms with E-state index >= 15 is 0 Å². The van der Waals surface area contributed by atoms with Crippen LogP contribution in [0.5, 0.6) is 0 Å². The van der Waals surface area contributed by atoms with E-state index in [0.717, 1.165) is 22.0 Å². The maximum Gasteiger partial charge on any atom is 3.00 e. The van der Waals surface area contributed by atoms with Crippen LogP contribution in [0.4, 0.5) is 5.69 Å². The Balaban J connectivity index is 0.00000121. The van der Waals surface area contributed by atoms with Crippen molar-refractivity contribution in [3.63, 3.8) is 0 Å². The van der Waals surface area contributed by atoms with Gasteiger partial charge in [0.25, 0.3) is 0 Å². The molecule has 1 heterocycles. The van der Waals surface area contributed by atoms with Gasteiger partial charge in [-0.15, -0.1) is 35.7 Å². The van der Waals surface area contributed by atoms with Crippen molar-refractivity contribution in [2.45, 2.75) is 0 Å². The molecule has 1 aliphatic heterocycles. The van der Waals surface area contributed by atoms with E-state index in [1.54, 1.807) is 11.8 Å². The Hall–Kier alpha value is -1.61. The second kappa shape index (κ2) is 8.74. The molecule has 0 bridgehead atoms. The first-order valence-electron chi connectivity index (χ1n) is 6.38. The van der Waals surface area contributed by atoms with Gasteiger partial charge < -0.3 is 17.9 Å². The number of para-hydroxylation sites is 1. The Labute approximate surface area is 147 Å². The van der Waals surface area contributed by atoms with Crippen molar-refractivity contribution in [2.75, 3.05) is 11.3 Å². The van der Waals surface area contributed by atoms with Crippen LogP contribution >= 0.6 is 11.8 Å². The summed E-state index contributed by atoms with van der Waals surface area (Å²) in [6.07, 6.45) is 17.3. The minimum absolute atomic E-state index is 0. The van der Waals surface area contributed by atoms with Gasteiger partial charge in [-0.25, -0.2) is 0 Å². The fourth-order valence-corrected chi connectivity index (χ4v) is 2.54. The predicted octanol–water partition coefficient (Wildman–Crippen LogP) is 5.19. The first kappa shape index (κ1) is 18.4. The SMILES string of the molecule is CSC1=C/C(=C/C=C2/[C-]=CC=C2)[N-]N1c1ccccc1.[CH3-].[Fe+3]. The van der Waals surface area contributed by atoms with Crippen molar-refractivity contribution < 1.29 is 17.1 Å². The molecule has 0 N–H and O–H groups in total. The second-order valence-corrected chi connectivity index (χ2v) is 5.14. The van der Waals surface area contributed by atoms with Gasteiger partial charge in [-0.05, 0) is 24.5 Å². The van der Waals surface area contributed by atoms with Gasteiger partial charge >= 0.3 is 17.1 Å². The van der Waals surface area contributed by atoms with Crippen molar-refractivity contribution >= 4 is 17.4 Å². The average molecular weight is 349 g/mol. The Kier molecular flexibility index (Phi) is 7.33. The van der Waals surface area contributed by atoms with Crippen LogP contribution in [0.2, 0.25) is 0 Å². The summed E-state index contributed by atoms with van der Waals surface area (Å²) in [5.41, 5.74) is 7.75. The van der Waals surface area contributed by atoms with Gasteiger partial charge in [0.2, 0.25) is 0 Å². The molecule has 113 valence electrons. The van der Waals surface area contributed by atoms with Crippen molar-refractivity contribution in [2.24, 2.45) is 0 Å². The smallest absolute Gasteiger partial charge is 0.590 e. The molecule has 0 saturated carbocycles. The van der Waals surface area contributed by atoms with Crippen LogP contribution in [0, 0.1) is 13.5 Å². The summed E-state index contributed by atoms with van der Waals surface area (Å²) in [6.45, 7) is 0. The van der Waals surface area contributed by atoms with Gasteiger partial charge in [-0.3, -0.25) is 0 Å². The average Bonchev–Trinajstić information content (AvgIpc) is 3.15. The molecule has 0 amide bonds. The van der Waals surface area contributed by atoms with Gasteiger partial charge in [-0.2, -0.15) is 23.8 Å². The molecular weight excluding hydrogens is 332 g/mol. The van der Waals surface area contributed by atoms with E-state index in [9.17, 15) is 0 Å². The van der Waals surface area contributed by atoms with Crippen LogP contribution in [-0.4, -0.2) is 6.26 Å². The zero-order valence-electron chi connectivity index (χ0n) is 12.5. The molecule has 3 rings (SSSR count). The van der Waals surface area contributed by atoms with Crippen LogP contribution in [-0.2, 0) is 17.1 Å². The molecule has 0 aromatic heterocycles. The molecule has 2 nitrogen and oxygen atoms in total. The largest absolute Gasteiger partial charge is 3.00 e. The van der Waals surface area contributed by atoms with E-state index in [2.05, 4.69) is 36.0 Å².